The van der Waals surface area contributed by atoms with Gasteiger partial charge in [-0.15, -0.1) is 11.8 Å². The molecule has 0 aliphatic carbocycles. The normalized spacial score (nSPS) is 14.1. The first kappa shape index (κ1) is 15.9. The average molecular weight is 330 g/mol. The van der Waals surface area contributed by atoms with E-state index in [1.165, 1.54) is 17.8 Å². The van der Waals surface area contributed by atoms with Gasteiger partial charge in [0.1, 0.15) is 11.5 Å². The van der Waals surface area contributed by atoms with E-state index in [9.17, 15) is 9.18 Å². The fourth-order valence-corrected chi connectivity index (χ4v) is 3.47. The van der Waals surface area contributed by atoms with E-state index < -0.39 is 5.82 Å². The molecule has 0 bridgehead atoms. The number of carbonyl (C=O) groups excluding carboxylic acids is 1. The molecule has 2 aromatic carbocycles. The number of para-hydroxylation sites is 1. The van der Waals surface area contributed by atoms with Crippen LogP contribution < -0.4 is 10.2 Å². The minimum atomic E-state index is -0.399. The molecule has 1 N–H and O–H groups in total. The van der Waals surface area contributed by atoms with Crippen molar-refractivity contribution in [3.05, 3.63) is 53.8 Å². The molecule has 3 rings (SSSR count). The van der Waals surface area contributed by atoms with Crippen molar-refractivity contribution in [2.45, 2.75) is 17.7 Å². The lowest BCUT2D eigenvalue weighted by atomic mass is 10.2. The fourth-order valence-electron chi connectivity index (χ4n) is 2.87. The van der Waals surface area contributed by atoms with E-state index >= 15 is 0 Å². The highest BCUT2D eigenvalue weighted by atomic mass is 32.2. The first-order chi connectivity index (χ1) is 11.2. The van der Waals surface area contributed by atoms with Crippen LogP contribution in [0.4, 0.5) is 15.8 Å². The van der Waals surface area contributed by atoms with Crippen molar-refractivity contribution in [1.29, 1.82) is 0 Å². The Balaban J connectivity index is 1.91. The molecule has 0 spiro atoms. The van der Waals surface area contributed by atoms with Gasteiger partial charge in [-0.25, -0.2) is 4.39 Å². The summed E-state index contributed by atoms with van der Waals surface area (Å²) >= 11 is 1.50. The summed E-state index contributed by atoms with van der Waals surface area (Å²) in [5.41, 5.74) is 1.60. The van der Waals surface area contributed by atoms with Crippen molar-refractivity contribution in [1.82, 2.24) is 0 Å². The van der Waals surface area contributed by atoms with Crippen molar-refractivity contribution < 1.29 is 9.18 Å². The summed E-state index contributed by atoms with van der Waals surface area (Å²) < 4.78 is 14.3. The second kappa shape index (κ2) is 7.04. The number of hydrogen-bond acceptors (Lipinski definition) is 3. The lowest BCUT2D eigenvalue weighted by molar-refractivity contribution is 0.102. The molecule has 1 fully saturated rings. The predicted octanol–water partition coefficient (Wildman–Crippen LogP) is 4.40. The van der Waals surface area contributed by atoms with Crippen LogP contribution in [0.25, 0.3) is 0 Å². The summed E-state index contributed by atoms with van der Waals surface area (Å²) in [6.45, 7) is 1.79. The van der Waals surface area contributed by atoms with Crippen LogP contribution in [0.2, 0.25) is 0 Å². The Morgan fingerprint density at radius 3 is 2.61 bits per heavy atom. The minimum Gasteiger partial charge on any atom is -0.370 e. The Morgan fingerprint density at radius 2 is 1.87 bits per heavy atom. The third kappa shape index (κ3) is 3.34. The van der Waals surface area contributed by atoms with Gasteiger partial charge in [-0.05, 0) is 43.4 Å². The lowest BCUT2D eigenvalue weighted by Crippen LogP contribution is -2.22. The molecule has 0 aromatic heterocycles. The Labute approximate surface area is 139 Å². The van der Waals surface area contributed by atoms with Crippen molar-refractivity contribution in [3.63, 3.8) is 0 Å². The highest BCUT2D eigenvalue weighted by molar-refractivity contribution is 7.98. The molecular formula is C18H19FN2OS. The van der Waals surface area contributed by atoms with Crippen LogP contribution in [0.1, 0.15) is 23.2 Å². The monoisotopic (exact) mass is 330 g/mol. The van der Waals surface area contributed by atoms with Gasteiger partial charge < -0.3 is 10.2 Å². The highest BCUT2D eigenvalue weighted by Gasteiger charge is 2.20. The molecule has 0 saturated carbocycles. The number of hydrogen-bond donors (Lipinski definition) is 1. The summed E-state index contributed by atoms with van der Waals surface area (Å²) in [5.74, 6) is -0.676. The zero-order valence-electron chi connectivity index (χ0n) is 13.0. The smallest absolute Gasteiger partial charge is 0.256 e. The summed E-state index contributed by atoms with van der Waals surface area (Å²) in [7, 11) is 0. The molecule has 120 valence electrons. The Bertz CT molecular complexity index is 714. The molecule has 23 heavy (non-hydrogen) atoms. The van der Waals surface area contributed by atoms with Crippen LogP contribution in [0.3, 0.4) is 0 Å². The molecule has 0 unspecified atom stereocenters. The Kier molecular flexibility index (Phi) is 4.86. The molecule has 2 aromatic rings. The third-order valence-electron chi connectivity index (χ3n) is 4.03. The van der Waals surface area contributed by atoms with Gasteiger partial charge in [-0.3, -0.25) is 4.79 Å². The number of nitrogens with zero attached hydrogens (tertiary/aromatic N) is 1. The SMILES string of the molecule is CSc1ccccc1C(=O)Nc1c(F)cccc1N1CCCC1. The maximum absolute atomic E-state index is 14.3. The van der Waals surface area contributed by atoms with E-state index in [-0.39, 0.29) is 11.6 Å². The van der Waals surface area contributed by atoms with Crippen molar-refractivity contribution in [2.75, 3.05) is 29.6 Å². The van der Waals surface area contributed by atoms with E-state index in [1.807, 2.05) is 30.5 Å². The molecule has 1 amide bonds. The summed E-state index contributed by atoms with van der Waals surface area (Å²) in [6, 6.07) is 12.3. The molecule has 0 radical (unpaired) electrons. The van der Waals surface area contributed by atoms with E-state index in [1.54, 1.807) is 12.1 Å². The van der Waals surface area contributed by atoms with Gasteiger partial charge in [-0.2, -0.15) is 0 Å². The molecule has 1 heterocycles. The number of halogens is 1. The number of amides is 1. The minimum absolute atomic E-state index is 0.273. The lowest BCUT2D eigenvalue weighted by Gasteiger charge is -2.22. The topological polar surface area (TPSA) is 32.3 Å². The maximum Gasteiger partial charge on any atom is 0.256 e. The van der Waals surface area contributed by atoms with Crippen LogP contribution in [0.5, 0.6) is 0 Å². The predicted molar refractivity (Wildman–Crippen MR) is 94.0 cm³/mol. The summed E-state index contributed by atoms with van der Waals surface area (Å²) in [5, 5.41) is 2.78. The first-order valence-corrected chi connectivity index (χ1v) is 8.91. The zero-order valence-corrected chi connectivity index (χ0v) is 13.8. The second-order valence-corrected chi connectivity index (χ2v) is 6.33. The van der Waals surface area contributed by atoms with Crippen molar-refractivity contribution in [3.8, 4) is 0 Å². The van der Waals surface area contributed by atoms with Crippen molar-refractivity contribution in [2.24, 2.45) is 0 Å². The van der Waals surface area contributed by atoms with Crippen LogP contribution >= 0.6 is 11.8 Å². The fraction of sp³-hybridized carbons (Fsp3) is 0.278. The van der Waals surface area contributed by atoms with Gasteiger partial charge in [-0.1, -0.05) is 18.2 Å². The molecule has 1 aliphatic heterocycles. The van der Waals surface area contributed by atoms with E-state index in [2.05, 4.69) is 10.2 Å². The van der Waals surface area contributed by atoms with Gasteiger partial charge in [0.15, 0.2) is 0 Å². The van der Waals surface area contributed by atoms with E-state index in [0.29, 0.717) is 5.56 Å². The van der Waals surface area contributed by atoms with Gasteiger partial charge in [0, 0.05) is 18.0 Å². The van der Waals surface area contributed by atoms with Gasteiger partial charge in [0.2, 0.25) is 0 Å². The maximum atomic E-state index is 14.3. The van der Waals surface area contributed by atoms with Crippen LogP contribution in [0.15, 0.2) is 47.4 Å². The standard InChI is InChI=1S/C18H19FN2OS/c1-23-16-10-3-2-7-13(16)18(22)20-17-14(19)8-6-9-15(17)21-11-4-5-12-21/h2-3,6-10H,4-5,11-12H2,1H3,(H,20,22). The number of nitrogens with one attached hydrogen (secondary N) is 1. The number of rotatable bonds is 4. The van der Waals surface area contributed by atoms with Gasteiger partial charge in [0.05, 0.1) is 11.3 Å². The van der Waals surface area contributed by atoms with E-state index in [4.69, 9.17) is 0 Å². The molecule has 1 saturated heterocycles. The van der Waals surface area contributed by atoms with Crippen LogP contribution in [-0.2, 0) is 0 Å². The van der Waals surface area contributed by atoms with E-state index in [0.717, 1.165) is 36.5 Å². The number of anilines is 2. The average Bonchev–Trinajstić information content (AvgIpc) is 3.11. The molecule has 5 heteroatoms. The Hall–Kier alpha value is -2.01. The largest absolute Gasteiger partial charge is 0.370 e. The number of benzene rings is 2. The second-order valence-electron chi connectivity index (χ2n) is 5.48. The number of thioether (sulfide) groups is 1. The van der Waals surface area contributed by atoms with Gasteiger partial charge >= 0.3 is 0 Å². The van der Waals surface area contributed by atoms with Gasteiger partial charge in [0.25, 0.3) is 5.91 Å². The van der Waals surface area contributed by atoms with Crippen LogP contribution in [0, 0.1) is 5.82 Å². The quantitative estimate of drug-likeness (QED) is 0.843. The van der Waals surface area contributed by atoms with Crippen LogP contribution in [-0.4, -0.2) is 25.3 Å². The summed E-state index contributed by atoms with van der Waals surface area (Å²) in [6.07, 6.45) is 4.11. The highest BCUT2D eigenvalue weighted by Crippen LogP contribution is 2.32. The summed E-state index contributed by atoms with van der Waals surface area (Å²) in [4.78, 5) is 15.6. The number of carbonyl (C=O) groups is 1. The zero-order chi connectivity index (χ0) is 16.2. The van der Waals surface area contributed by atoms with Crippen molar-refractivity contribution >= 4 is 29.0 Å². The molecule has 3 nitrogen and oxygen atoms in total. The molecule has 0 atom stereocenters. The Morgan fingerprint density at radius 1 is 1.13 bits per heavy atom. The third-order valence-corrected chi connectivity index (χ3v) is 4.82. The first-order valence-electron chi connectivity index (χ1n) is 7.68. The molecule has 1 aliphatic rings. The molecular weight excluding hydrogens is 311 g/mol.